The molecular weight excluding hydrogens is 480 g/mol. The maximum Gasteiger partial charge on any atom is 0.337 e. The molecule has 1 N–H and O–H groups in total. The minimum absolute atomic E-state index is 0.0992. The lowest BCUT2D eigenvalue weighted by molar-refractivity contribution is 0.0600. The molecule has 2 aromatic carbocycles. The summed E-state index contributed by atoms with van der Waals surface area (Å²) >= 11 is 5.93. The monoisotopic (exact) mass is 510 g/mol. The fraction of sp³-hybridized carbons (Fsp3) is 0.233. The van der Waals surface area contributed by atoms with Crippen molar-refractivity contribution in [1.82, 2.24) is 14.9 Å². The molecule has 0 amide bonds. The van der Waals surface area contributed by atoms with Crippen molar-refractivity contribution in [2.75, 3.05) is 12.0 Å². The number of methoxy groups -OCH3 is 1. The van der Waals surface area contributed by atoms with Gasteiger partial charge in [0.1, 0.15) is 0 Å². The molecule has 188 valence electrons. The predicted octanol–water partition coefficient (Wildman–Crippen LogP) is 6.07. The van der Waals surface area contributed by atoms with Gasteiger partial charge in [-0.1, -0.05) is 12.1 Å². The van der Waals surface area contributed by atoms with E-state index in [1.54, 1.807) is 12.1 Å². The Morgan fingerprint density at radius 2 is 1.65 bits per heavy atom. The SMILES string of the molecule is COC(=O)c1ccc(-n2c(C)cc([C@@H]3[C@@H](c4ccccn4)NC(=S)N3c3cc(C)cc(C)c3)c2C)cc1. The van der Waals surface area contributed by atoms with Gasteiger partial charge in [-0.05, 0) is 111 Å². The third-order valence-electron chi connectivity index (χ3n) is 6.92. The number of hydrogen-bond donors (Lipinski definition) is 1. The Bertz CT molecular complexity index is 1460. The van der Waals surface area contributed by atoms with Gasteiger partial charge in [0.25, 0.3) is 0 Å². The lowest BCUT2D eigenvalue weighted by atomic mass is 9.96. The highest BCUT2D eigenvalue weighted by Gasteiger charge is 2.42. The molecule has 1 aliphatic rings. The van der Waals surface area contributed by atoms with Gasteiger partial charge in [-0.25, -0.2) is 4.79 Å². The fourth-order valence-corrected chi connectivity index (χ4v) is 5.73. The molecule has 0 aliphatic carbocycles. The van der Waals surface area contributed by atoms with E-state index in [0.29, 0.717) is 10.7 Å². The molecule has 3 heterocycles. The largest absolute Gasteiger partial charge is 0.465 e. The van der Waals surface area contributed by atoms with Crippen LogP contribution >= 0.6 is 12.2 Å². The number of aromatic nitrogens is 2. The molecule has 4 aromatic rings. The quantitative estimate of drug-likeness (QED) is 0.260. The Morgan fingerprint density at radius 1 is 0.946 bits per heavy atom. The van der Waals surface area contributed by atoms with Gasteiger partial charge in [-0.15, -0.1) is 0 Å². The van der Waals surface area contributed by atoms with Crippen molar-refractivity contribution in [3.05, 3.63) is 112 Å². The van der Waals surface area contributed by atoms with Crippen LogP contribution in [0.1, 0.15) is 56.2 Å². The molecule has 0 saturated carbocycles. The molecule has 0 radical (unpaired) electrons. The van der Waals surface area contributed by atoms with Crippen LogP contribution in [0.25, 0.3) is 5.69 Å². The molecule has 37 heavy (non-hydrogen) atoms. The van der Waals surface area contributed by atoms with Gasteiger partial charge in [-0.2, -0.15) is 0 Å². The van der Waals surface area contributed by atoms with Crippen molar-refractivity contribution < 1.29 is 9.53 Å². The van der Waals surface area contributed by atoms with Gasteiger partial charge in [0.05, 0.1) is 30.5 Å². The number of esters is 1. The zero-order chi connectivity index (χ0) is 26.3. The number of nitrogens with zero attached hydrogens (tertiary/aromatic N) is 3. The van der Waals surface area contributed by atoms with Crippen LogP contribution < -0.4 is 10.2 Å². The van der Waals surface area contributed by atoms with Crippen molar-refractivity contribution in [2.24, 2.45) is 0 Å². The van der Waals surface area contributed by atoms with Gasteiger partial charge in [-0.3, -0.25) is 4.98 Å². The van der Waals surface area contributed by atoms with Crippen molar-refractivity contribution in [3.8, 4) is 5.69 Å². The van der Waals surface area contributed by atoms with Crippen LogP contribution in [0.4, 0.5) is 5.69 Å². The highest BCUT2D eigenvalue weighted by Crippen LogP contribution is 2.44. The number of anilines is 1. The first-order valence-corrected chi connectivity index (χ1v) is 12.7. The smallest absolute Gasteiger partial charge is 0.337 e. The summed E-state index contributed by atoms with van der Waals surface area (Å²) in [7, 11) is 1.39. The third kappa shape index (κ3) is 4.51. The van der Waals surface area contributed by atoms with Crippen LogP contribution in [-0.4, -0.2) is 27.7 Å². The third-order valence-corrected chi connectivity index (χ3v) is 7.23. The number of benzene rings is 2. The van der Waals surface area contributed by atoms with Crippen LogP contribution in [0.3, 0.4) is 0 Å². The standard InChI is InChI=1S/C30H30N4O2S/c1-18-14-19(2)16-24(15-18)34-28(27(32-30(34)37)26-8-6-7-13-31-26)25-17-20(3)33(21(25)4)23-11-9-22(10-12-23)29(35)36-5/h6-17,27-28H,1-5H3,(H,32,37)/t27-,28-/m1/s1. The van der Waals surface area contributed by atoms with Crippen LogP contribution in [0.15, 0.2) is 72.9 Å². The molecule has 0 spiro atoms. The molecule has 0 bridgehead atoms. The summed E-state index contributed by atoms with van der Waals surface area (Å²) in [6.45, 7) is 8.45. The number of aryl methyl sites for hydroxylation is 3. The van der Waals surface area contributed by atoms with Crippen LogP contribution in [0.2, 0.25) is 0 Å². The molecule has 2 atom stereocenters. The first-order chi connectivity index (χ1) is 17.8. The molecule has 1 fully saturated rings. The summed E-state index contributed by atoms with van der Waals surface area (Å²) in [4.78, 5) is 18.8. The molecule has 2 aromatic heterocycles. The van der Waals surface area contributed by atoms with E-state index in [1.165, 1.54) is 18.2 Å². The number of carbonyl (C=O) groups excluding carboxylic acids is 1. The van der Waals surface area contributed by atoms with Gasteiger partial charge in [0.15, 0.2) is 5.11 Å². The maximum atomic E-state index is 11.9. The van der Waals surface area contributed by atoms with Gasteiger partial charge in [0, 0.05) is 29.0 Å². The fourth-order valence-electron chi connectivity index (χ4n) is 5.39. The minimum Gasteiger partial charge on any atom is -0.465 e. The number of pyridine rings is 1. The Labute approximate surface area is 222 Å². The number of rotatable bonds is 5. The average molecular weight is 511 g/mol. The molecule has 1 aliphatic heterocycles. The van der Waals surface area contributed by atoms with Crippen LogP contribution in [0, 0.1) is 27.7 Å². The van der Waals surface area contributed by atoms with Crippen LogP contribution in [-0.2, 0) is 4.74 Å². The highest BCUT2D eigenvalue weighted by molar-refractivity contribution is 7.80. The lowest BCUT2D eigenvalue weighted by Gasteiger charge is -2.29. The summed E-state index contributed by atoms with van der Waals surface area (Å²) in [6, 6.07) is 22.0. The van der Waals surface area contributed by atoms with E-state index < -0.39 is 0 Å². The molecule has 7 heteroatoms. The highest BCUT2D eigenvalue weighted by atomic mass is 32.1. The van der Waals surface area contributed by atoms with E-state index in [2.05, 4.69) is 71.7 Å². The van der Waals surface area contributed by atoms with Gasteiger partial charge >= 0.3 is 5.97 Å². The Hall–Kier alpha value is -3.97. The molecule has 0 unspecified atom stereocenters. The zero-order valence-corrected chi connectivity index (χ0v) is 22.5. The second kappa shape index (κ2) is 9.82. The summed E-state index contributed by atoms with van der Waals surface area (Å²) in [5.74, 6) is -0.346. The van der Waals surface area contributed by atoms with E-state index >= 15 is 0 Å². The van der Waals surface area contributed by atoms with E-state index in [4.69, 9.17) is 17.0 Å². The Morgan fingerprint density at radius 3 is 2.27 bits per heavy atom. The van der Waals surface area contributed by atoms with E-state index in [9.17, 15) is 4.79 Å². The Kier molecular flexibility index (Phi) is 6.56. The molecule has 6 nitrogen and oxygen atoms in total. The molecule has 5 rings (SSSR count). The number of hydrogen-bond acceptors (Lipinski definition) is 4. The number of ether oxygens (including phenoxy) is 1. The molecule has 1 saturated heterocycles. The normalized spacial score (nSPS) is 17.1. The van der Waals surface area contributed by atoms with Crippen molar-refractivity contribution >= 4 is 29.0 Å². The maximum absolute atomic E-state index is 11.9. The second-order valence-corrected chi connectivity index (χ2v) is 9.93. The van der Waals surface area contributed by atoms with Gasteiger partial charge < -0.3 is 19.5 Å². The summed E-state index contributed by atoms with van der Waals surface area (Å²) in [5, 5.41) is 4.24. The van der Waals surface area contributed by atoms with E-state index in [1.807, 2.05) is 36.5 Å². The average Bonchev–Trinajstić information content (AvgIpc) is 3.38. The summed E-state index contributed by atoms with van der Waals surface area (Å²) in [5.41, 5.74) is 9.25. The first kappa shape index (κ1) is 24.7. The number of thiocarbonyl (C=S) groups is 1. The van der Waals surface area contributed by atoms with E-state index in [-0.39, 0.29) is 18.1 Å². The summed E-state index contributed by atoms with van der Waals surface area (Å²) < 4.78 is 7.07. The number of carbonyl (C=O) groups is 1. The van der Waals surface area contributed by atoms with Crippen LogP contribution in [0.5, 0.6) is 0 Å². The predicted molar refractivity (Wildman–Crippen MR) is 150 cm³/mol. The van der Waals surface area contributed by atoms with Crippen molar-refractivity contribution in [3.63, 3.8) is 0 Å². The molecular formula is C30H30N4O2S. The van der Waals surface area contributed by atoms with Crippen molar-refractivity contribution in [1.29, 1.82) is 0 Å². The van der Waals surface area contributed by atoms with Gasteiger partial charge in [0.2, 0.25) is 0 Å². The topological polar surface area (TPSA) is 59.4 Å². The number of nitrogens with one attached hydrogen (secondary N) is 1. The zero-order valence-electron chi connectivity index (χ0n) is 21.6. The first-order valence-electron chi connectivity index (χ1n) is 12.2. The van der Waals surface area contributed by atoms with E-state index in [0.717, 1.165) is 34.0 Å². The summed E-state index contributed by atoms with van der Waals surface area (Å²) in [6.07, 6.45) is 1.82. The lowest BCUT2D eigenvalue weighted by Crippen LogP contribution is -2.29. The minimum atomic E-state index is -0.346. The van der Waals surface area contributed by atoms with Crippen molar-refractivity contribution in [2.45, 2.75) is 39.8 Å². The second-order valence-electron chi connectivity index (χ2n) is 9.54. The Balaban J connectivity index is 1.65.